The number of hydrogen-bond acceptors (Lipinski definition) is 4. The minimum Gasteiger partial charge on any atom is -0.480 e. The second-order valence-corrected chi connectivity index (χ2v) is 4.39. The van der Waals surface area contributed by atoms with Crippen LogP contribution in [-0.4, -0.2) is 44.5 Å². The van der Waals surface area contributed by atoms with Crippen molar-refractivity contribution in [2.24, 2.45) is 0 Å². The molecule has 0 spiro atoms. The molecule has 1 aromatic carbocycles. The van der Waals surface area contributed by atoms with Crippen molar-refractivity contribution in [2.45, 2.75) is 12.5 Å². The minimum absolute atomic E-state index is 0.0477. The van der Waals surface area contributed by atoms with E-state index < -0.39 is 17.9 Å². The first-order valence-electron chi connectivity index (χ1n) is 6.36. The van der Waals surface area contributed by atoms with Crippen LogP contribution in [-0.2, 0) is 4.79 Å². The summed E-state index contributed by atoms with van der Waals surface area (Å²) in [6, 6.07) is 8.10. The molecule has 1 aromatic heterocycles. The molecule has 110 valence electrons. The molecule has 0 saturated heterocycles. The van der Waals surface area contributed by atoms with Gasteiger partial charge in [-0.3, -0.25) is 4.79 Å². The van der Waals surface area contributed by atoms with Crippen LogP contribution in [0, 0.1) is 0 Å². The Hall–Kier alpha value is -2.67. The predicted molar refractivity (Wildman–Crippen MR) is 74.2 cm³/mol. The third kappa shape index (κ3) is 3.67. The van der Waals surface area contributed by atoms with E-state index in [1.165, 1.54) is 17.1 Å². The highest BCUT2D eigenvalue weighted by molar-refractivity contribution is 5.96. The molecule has 2 rings (SSSR count). The molecule has 3 N–H and O–H groups in total. The number of carbonyl (C=O) groups is 2. The van der Waals surface area contributed by atoms with E-state index in [4.69, 9.17) is 10.2 Å². The lowest BCUT2D eigenvalue weighted by molar-refractivity contribution is -0.139. The number of carboxylic acids is 1. The highest BCUT2D eigenvalue weighted by Gasteiger charge is 2.20. The highest BCUT2D eigenvalue weighted by Crippen LogP contribution is 2.08. The Balaban J connectivity index is 2.10. The quantitative estimate of drug-likeness (QED) is 0.715. The first kappa shape index (κ1) is 14.7. The Morgan fingerprint density at radius 2 is 2.00 bits per heavy atom. The molecule has 7 heteroatoms. The van der Waals surface area contributed by atoms with E-state index in [-0.39, 0.29) is 18.6 Å². The van der Waals surface area contributed by atoms with E-state index in [0.717, 1.165) is 5.69 Å². The smallest absolute Gasteiger partial charge is 0.326 e. The third-order valence-electron chi connectivity index (χ3n) is 2.89. The normalized spacial score (nSPS) is 11.9. The number of aliphatic hydroxyl groups is 1. The van der Waals surface area contributed by atoms with Crippen LogP contribution in [0.4, 0.5) is 0 Å². The number of carboxylic acid groups (broad SMARTS) is 1. The fourth-order valence-electron chi connectivity index (χ4n) is 1.79. The molecule has 2 aromatic rings. The zero-order valence-electron chi connectivity index (χ0n) is 11.1. The van der Waals surface area contributed by atoms with E-state index in [0.29, 0.717) is 0 Å². The van der Waals surface area contributed by atoms with E-state index in [1.54, 1.807) is 0 Å². The van der Waals surface area contributed by atoms with Crippen molar-refractivity contribution < 1.29 is 19.8 Å². The summed E-state index contributed by atoms with van der Waals surface area (Å²) in [5.74, 6) is -1.73. The molecule has 1 heterocycles. The van der Waals surface area contributed by atoms with Crippen LogP contribution in [0.25, 0.3) is 5.69 Å². The summed E-state index contributed by atoms with van der Waals surface area (Å²) in [5, 5.41) is 24.1. The van der Waals surface area contributed by atoms with E-state index in [1.807, 2.05) is 30.3 Å². The Bertz CT molecular complexity index is 624. The molecule has 0 bridgehead atoms. The summed E-state index contributed by atoms with van der Waals surface area (Å²) >= 11 is 0. The van der Waals surface area contributed by atoms with Gasteiger partial charge in [-0.1, -0.05) is 18.2 Å². The maximum Gasteiger partial charge on any atom is 0.326 e. The van der Waals surface area contributed by atoms with Crippen molar-refractivity contribution in [3.8, 4) is 5.69 Å². The molecular formula is C14H15N3O4. The molecule has 0 aliphatic carbocycles. The number of aliphatic hydroxyl groups excluding tert-OH is 1. The topological polar surface area (TPSA) is 104 Å². The molecule has 0 saturated carbocycles. The van der Waals surface area contributed by atoms with Gasteiger partial charge in [0.05, 0.1) is 17.4 Å². The van der Waals surface area contributed by atoms with Gasteiger partial charge in [-0.2, -0.15) is 5.10 Å². The Morgan fingerprint density at radius 1 is 1.29 bits per heavy atom. The van der Waals surface area contributed by atoms with Crippen LogP contribution in [0.5, 0.6) is 0 Å². The highest BCUT2D eigenvalue weighted by atomic mass is 16.4. The molecule has 0 radical (unpaired) electrons. The Kier molecular flexibility index (Phi) is 4.68. The van der Waals surface area contributed by atoms with Gasteiger partial charge in [0.25, 0.3) is 5.91 Å². The number of nitrogens with one attached hydrogen (secondary N) is 1. The first-order chi connectivity index (χ1) is 10.1. The molecule has 21 heavy (non-hydrogen) atoms. The van der Waals surface area contributed by atoms with Gasteiger partial charge in [0.15, 0.2) is 0 Å². The van der Waals surface area contributed by atoms with E-state index in [9.17, 15) is 9.59 Å². The van der Waals surface area contributed by atoms with Crippen LogP contribution in [0.1, 0.15) is 16.8 Å². The minimum atomic E-state index is -1.19. The molecule has 7 nitrogen and oxygen atoms in total. The number of benzene rings is 1. The monoisotopic (exact) mass is 289 g/mol. The standard InChI is InChI=1S/C14H15N3O4/c18-7-6-12(14(20)21)16-13(19)10-8-15-17(9-10)11-4-2-1-3-5-11/h1-5,8-9,12,18H,6-7H2,(H,16,19)(H,20,21)/t12-/m1/s1. The predicted octanol–water partition coefficient (Wildman–Crippen LogP) is 0.438. The number of para-hydroxylation sites is 1. The van der Waals surface area contributed by atoms with Crippen LogP contribution < -0.4 is 5.32 Å². The second kappa shape index (κ2) is 6.67. The van der Waals surface area contributed by atoms with Gasteiger partial charge < -0.3 is 15.5 Å². The van der Waals surface area contributed by atoms with E-state index >= 15 is 0 Å². The summed E-state index contributed by atoms with van der Waals surface area (Å²) in [7, 11) is 0. The van der Waals surface area contributed by atoms with Crippen molar-refractivity contribution in [3.63, 3.8) is 0 Å². The van der Waals surface area contributed by atoms with Crippen molar-refractivity contribution in [2.75, 3.05) is 6.61 Å². The van der Waals surface area contributed by atoms with Crippen LogP contribution in [0.15, 0.2) is 42.7 Å². The average Bonchev–Trinajstić information content (AvgIpc) is 2.97. The fourth-order valence-corrected chi connectivity index (χ4v) is 1.79. The summed E-state index contributed by atoms with van der Waals surface area (Å²) in [5.41, 5.74) is 1.05. The van der Waals surface area contributed by atoms with Gasteiger partial charge in [-0.25, -0.2) is 9.48 Å². The van der Waals surface area contributed by atoms with Gasteiger partial charge in [0, 0.05) is 19.2 Å². The van der Waals surface area contributed by atoms with Crippen LogP contribution in [0.2, 0.25) is 0 Å². The number of nitrogens with zero attached hydrogens (tertiary/aromatic N) is 2. The largest absolute Gasteiger partial charge is 0.480 e. The lowest BCUT2D eigenvalue weighted by atomic mass is 10.2. The lowest BCUT2D eigenvalue weighted by Crippen LogP contribution is -2.41. The number of aliphatic carboxylic acids is 1. The molecular weight excluding hydrogens is 274 g/mol. The number of hydrogen-bond donors (Lipinski definition) is 3. The van der Waals surface area contributed by atoms with Crippen molar-refractivity contribution >= 4 is 11.9 Å². The Morgan fingerprint density at radius 3 is 2.62 bits per heavy atom. The van der Waals surface area contributed by atoms with Gasteiger partial charge in [0.2, 0.25) is 0 Å². The zero-order chi connectivity index (χ0) is 15.2. The molecule has 0 unspecified atom stereocenters. The van der Waals surface area contributed by atoms with E-state index in [2.05, 4.69) is 10.4 Å². The number of carbonyl (C=O) groups excluding carboxylic acids is 1. The van der Waals surface area contributed by atoms with Crippen LogP contribution >= 0.6 is 0 Å². The number of rotatable bonds is 6. The SMILES string of the molecule is O=C(N[C@H](CCO)C(=O)O)c1cnn(-c2ccccc2)c1. The van der Waals surface area contributed by atoms with Gasteiger partial charge in [-0.15, -0.1) is 0 Å². The van der Waals surface area contributed by atoms with Gasteiger partial charge >= 0.3 is 5.97 Å². The van der Waals surface area contributed by atoms with Gasteiger partial charge in [0.1, 0.15) is 6.04 Å². The average molecular weight is 289 g/mol. The molecule has 1 atom stereocenters. The third-order valence-corrected chi connectivity index (χ3v) is 2.89. The summed E-state index contributed by atoms with van der Waals surface area (Å²) in [4.78, 5) is 22.9. The molecule has 0 aliphatic rings. The van der Waals surface area contributed by atoms with Crippen LogP contribution in [0.3, 0.4) is 0 Å². The second-order valence-electron chi connectivity index (χ2n) is 4.39. The zero-order valence-corrected chi connectivity index (χ0v) is 11.1. The molecule has 1 amide bonds. The van der Waals surface area contributed by atoms with Gasteiger partial charge in [-0.05, 0) is 12.1 Å². The van der Waals surface area contributed by atoms with Crippen molar-refractivity contribution in [3.05, 3.63) is 48.3 Å². The first-order valence-corrected chi connectivity index (χ1v) is 6.36. The maximum atomic E-state index is 12.0. The molecule has 0 aliphatic heterocycles. The summed E-state index contributed by atoms with van der Waals surface area (Å²) in [6.07, 6.45) is 2.83. The lowest BCUT2D eigenvalue weighted by Gasteiger charge is -2.12. The number of amides is 1. The number of aromatic nitrogens is 2. The molecule has 0 fully saturated rings. The fraction of sp³-hybridized carbons (Fsp3) is 0.214. The summed E-state index contributed by atoms with van der Waals surface area (Å²) in [6.45, 7) is -0.319. The maximum absolute atomic E-state index is 12.0. The summed E-state index contributed by atoms with van der Waals surface area (Å²) < 4.78 is 1.52. The van der Waals surface area contributed by atoms with Crippen molar-refractivity contribution in [1.82, 2.24) is 15.1 Å². The Labute approximate surface area is 120 Å². The van der Waals surface area contributed by atoms with Crippen molar-refractivity contribution in [1.29, 1.82) is 0 Å².